The zero-order chi connectivity index (χ0) is 28.7. The van der Waals surface area contributed by atoms with Crippen LogP contribution >= 0.6 is 0 Å². The molecular formula is C29H30FN9O2. The van der Waals surface area contributed by atoms with Gasteiger partial charge in [0.2, 0.25) is 11.9 Å². The van der Waals surface area contributed by atoms with Crippen molar-refractivity contribution in [2.24, 2.45) is 0 Å². The lowest BCUT2D eigenvalue weighted by atomic mass is 10.0. The lowest BCUT2D eigenvalue weighted by molar-refractivity contribution is 0.282. The van der Waals surface area contributed by atoms with Crippen LogP contribution in [0.15, 0.2) is 59.8 Å². The number of fused-ring (bicyclic) bond motifs is 1. The number of benzene rings is 2. The minimum atomic E-state index is -0.545. The SMILES string of the molecule is CN(C)CCn1cc(Nc2nc(N)nc(-c3cccc(-n4ccc5cc(C6CC6)cc(F)c5c4=O)c3CO)n2)cn1. The lowest BCUT2D eigenvalue weighted by Crippen LogP contribution is -2.20. The highest BCUT2D eigenvalue weighted by molar-refractivity contribution is 5.83. The third kappa shape index (κ3) is 5.39. The number of rotatable bonds is 9. The number of nitrogens with two attached hydrogens (primary N) is 1. The van der Waals surface area contributed by atoms with Gasteiger partial charge in [0, 0.05) is 30.1 Å². The average molecular weight is 556 g/mol. The van der Waals surface area contributed by atoms with Crippen molar-refractivity contribution in [2.45, 2.75) is 31.9 Å². The normalized spacial score (nSPS) is 13.3. The van der Waals surface area contributed by atoms with Crippen LogP contribution in [-0.2, 0) is 13.2 Å². The van der Waals surface area contributed by atoms with Crippen LogP contribution in [0.5, 0.6) is 0 Å². The van der Waals surface area contributed by atoms with Gasteiger partial charge in [-0.1, -0.05) is 18.2 Å². The van der Waals surface area contributed by atoms with E-state index < -0.39 is 18.0 Å². The maximum Gasteiger partial charge on any atom is 0.265 e. The molecule has 1 saturated carbocycles. The molecule has 2 aromatic carbocycles. The number of likely N-dealkylation sites (N-methyl/N-ethyl adjacent to an activating group) is 1. The molecule has 210 valence electrons. The first kappa shape index (κ1) is 26.5. The number of nitrogens with zero attached hydrogens (tertiary/aromatic N) is 7. The van der Waals surface area contributed by atoms with Gasteiger partial charge >= 0.3 is 0 Å². The summed E-state index contributed by atoms with van der Waals surface area (Å²) in [4.78, 5) is 28.6. The van der Waals surface area contributed by atoms with Gasteiger partial charge in [-0.25, -0.2) is 4.39 Å². The molecule has 41 heavy (non-hydrogen) atoms. The fraction of sp³-hybridized carbons (Fsp3) is 0.276. The Balaban J connectivity index is 1.37. The molecule has 0 saturated heterocycles. The van der Waals surface area contributed by atoms with Crippen LogP contribution in [0.4, 0.5) is 22.0 Å². The zero-order valence-corrected chi connectivity index (χ0v) is 22.8. The second-order valence-corrected chi connectivity index (χ2v) is 10.5. The van der Waals surface area contributed by atoms with Crippen LogP contribution < -0.4 is 16.6 Å². The number of halogens is 1. The van der Waals surface area contributed by atoms with Gasteiger partial charge in [-0.3, -0.25) is 14.0 Å². The fourth-order valence-corrected chi connectivity index (χ4v) is 4.92. The van der Waals surface area contributed by atoms with Crippen molar-refractivity contribution in [3.63, 3.8) is 0 Å². The van der Waals surface area contributed by atoms with Gasteiger partial charge in [0.15, 0.2) is 5.82 Å². The molecule has 3 aromatic heterocycles. The Kier molecular flexibility index (Phi) is 6.93. The first-order valence-electron chi connectivity index (χ1n) is 13.3. The van der Waals surface area contributed by atoms with Crippen molar-refractivity contribution >= 4 is 28.4 Å². The van der Waals surface area contributed by atoms with Gasteiger partial charge in [-0.2, -0.15) is 20.1 Å². The molecule has 0 unspecified atom stereocenters. The van der Waals surface area contributed by atoms with Crippen molar-refractivity contribution in [1.29, 1.82) is 0 Å². The van der Waals surface area contributed by atoms with Crippen LogP contribution in [0.3, 0.4) is 0 Å². The number of aromatic nitrogens is 6. The van der Waals surface area contributed by atoms with E-state index in [-0.39, 0.29) is 23.1 Å². The van der Waals surface area contributed by atoms with Crippen molar-refractivity contribution in [2.75, 3.05) is 31.7 Å². The molecule has 1 aliphatic carbocycles. The fourth-order valence-electron chi connectivity index (χ4n) is 4.92. The van der Waals surface area contributed by atoms with Crippen molar-refractivity contribution in [1.82, 2.24) is 34.2 Å². The topological polar surface area (TPSA) is 140 Å². The molecular weight excluding hydrogens is 525 g/mol. The van der Waals surface area contributed by atoms with Crippen molar-refractivity contribution < 1.29 is 9.50 Å². The zero-order valence-electron chi connectivity index (χ0n) is 22.8. The Bertz CT molecular complexity index is 1810. The summed E-state index contributed by atoms with van der Waals surface area (Å²) >= 11 is 0. The summed E-state index contributed by atoms with van der Waals surface area (Å²) in [6.07, 6.45) is 7.17. The molecule has 0 aliphatic heterocycles. The molecule has 1 aliphatic rings. The Morgan fingerprint density at radius 3 is 2.76 bits per heavy atom. The van der Waals surface area contributed by atoms with E-state index in [1.165, 1.54) is 10.6 Å². The predicted molar refractivity (Wildman–Crippen MR) is 155 cm³/mol. The van der Waals surface area contributed by atoms with Crippen LogP contribution in [0.25, 0.3) is 27.8 Å². The molecule has 3 heterocycles. The summed E-state index contributed by atoms with van der Waals surface area (Å²) in [5.41, 5.74) is 8.34. The Morgan fingerprint density at radius 1 is 1.17 bits per heavy atom. The number of pyridine rings is 1. The standard InChI is InChI=1S/C29H30FN9O2/c1-37(2)10-11-38-15-20(14-32-38)33-29-35-26(34-28(31)36-29)21-4-3-5-24(22(21)16-40)39-9-8-18-12-19(17-6-7-17)13-23(30)25(18)27(39)41/h3-5,8-9,12-15,17,40H,6-7,10-11,16H2,1-2H3,(H3,31,33,34,35,36). The summed E-state index contributed by atoms with van der Waals surface area (Å²) in [7, 11) is 3.99. The van der Waals surface area contributed by atoms with E-state index in [9.17, 15) is 9.90 Å². The number of nitrogens with one attached hydrogen (secondary N) is 1. The van der Waals surface area contributed by atoms with Crippen molar-refractivity contribution in [3.05, 3.63) is 82.3 Å². The second kappa shape index (κ2) is 10.7. The molecule has 0 atom stereocenters. The third-order valence-corrected chi connectivity index (χ3v) is 7.16. The van der Waals surface area contributed by atoms with Crippen LogP contribution in [0.2, 0.25) is 0 Å². The maximum atomic E-state index is 15.1. The molecule has 0 bridgehead atoms. The summed E-state index contributed by atoms with van der Waals surface area (Å²) in [6.45, 7) is 1.12. The van der Waals surface area contributed by atoms with Gasteiger partial charge in [-0.15, -0.1) is 0 Å². The average Bonchev–Trinajstić information content (AvgIpc) is 3.70. The van der Waals surface area contributed by atoms with Crippen LogP contribution in [0, 0.1) is 5.82 Å². The maximum absolute atomic E-state index is 15.1. The Labute approximate surface area is 235 Å². The monoisotopic (exact) mass is 555 g/mol. The highest BCUT2D eigenvalue weighted by Crippen LogP contribution is 2.41. The summed E-state index contributed by atoms with van der Waals surface area (Å²) in [6, 6.07) is 10.2. The van der Waals surface area contributed by atoms with Gasteiger partial charge in [0.05, 0.1) is 36.1 Å². The Hall–Kier alpha value is -4.68. The van der Waals surface area contributed by atoms with Crippen molar-refractivity contribution in [3.8, 4) is 17.1 Å². The number of aliphatic hydroxyl groups excluding tert-OH is 1. The number of hydrogen-bond acceptors (Lipinski definition) is 9. The summed E-state index contributed by atoms with van der Waals surface area (Å²) < 4.78 is 18.3. The molecule has 0 amide bonds. The number of hydrogen-bond donors (Lipinski definition) is 3. The Morgan fingerprint density at radius 2 is 2.00 bits per heavy atom. The highest BCUT2D eigenvalue weighted by Gasteiger charge is 2.25. The lowest BCUT2D eigenvalue weighted by Gasteiger charge is -2.16. The minimum Gasteiger partial charge on any atom is -0.392 e. The first-order chi connectivity index (χ1) is 19.8. The quantitative estimate of drug-likeness (QED) is 0.249. The van der Waals surface area contributed by atoms with Gasteiger partial charge in [0.25, 0.3) is 5.56 Å². The largest absolute Gasteiger partial charge is 0.392 e. The molecule has 0 spiro atoms. The van der Waals surface area contributed by atoms with E-state index in [2.05, 4.69) is 30.3 Å². The summed E-state index contributed by atoms with van der Waals surface area (Å²) in [5, 5.41) is 18.4. The van der Waals surface area contributed by atoms with E-state index in [0.717, 1.165) is 24.9 Å². The highest BCUT2D eigenvalue weighted by atomic mass is 19.1. The van der Waals surface area contributed by atoms with Gasteiger partial charge in [-0.05, 0) is 62.0 Å². The van der Waals surface area contributed by atoms with E-state index in [0.29, 0.717) is 40.4 Å². The van der Waals surface area contributed by atoms with E-state index in [1.807, 2.05) is 26.4 Å². The molecule has 5 aromatic rings. The first-order valence-corrected chi connectivity index (χ1v) is 13.3. The molecule has 11 nitrogen and oxygen atoms in total. The van der Waals surface area contributed by atoms with E-state index in [4.69, 9.17) is 5.73 Å². The number of anilines is 3. The summed E-state index contributed by atoms with van der Waals surface area (Å²) in [5.74, 6) is 0.199. The minimum absolute atomic E-state index is 0.00760. The van der Waals surface area contributed by atoms with Crippen LogP contribution in [0.1, 0.15) is 29.9 Å². The number of aliphatic hydroxyl groups is 1. The molecule has 4 N–H and O–H groups in total. The molecule has 12 heteroatoms. The van der Waals surface area contributed by atoms with E-state index in [1.54, 1.807) is 41.3 Å². The van der Waals surface area contributed by atoms with E-state index >= 15 is 4.39 Å². The molecule has 6 rings (SSSR count). The predicted octanol–water partition coefficient (Wildman–Crippen LogP) is 3.44. The smallest absolute Gasteiger partial charge is 0.265 e. The second-order valence-electron chi connectivity index (χ2n) is 10.5. The van der Waals surface area contributed by atoms with Crippen LogP contribution in [-0.4, -0.2) is 59.9 Å². The third-order valence-electron chi connectivity index (χ3n) is 7.16. The van der Waals surface area contributed by atoms with Gasteiger partial charge < -0.3 is 21.1 Å². The number of nitrogen functional groups attached to an aromatic ring is 1. The molecule has 1 fully saturated rings. The molecule has 0 radical (unpaired) electrons. The van der Waals surface area contributed by atoms with Gasteiger partial charge in [0.1, 0.15) is 5.82 Å².